The fourth-order valence-corrected chi connectivity index (χ4v) is 13.2. The van der Waals surface area contributed by atoms with E-state index < -0.39 is 0 Å². The second-order valence-corrected chi connectivity index (χ2v) is 27.6. The van der Waals surface area contributed by atoms with Crippen LogP contribution < -0.4 is 26.2 Å². The summed E-state index contributed by atoms with van der Waals surface area (Å²) in [7, 11) is 0. The zero-order valence-corrected chi connectivity index (χ0v) is 46.6. The Morgan fingerprint density at radius 1 is 0.375 bits per heavy atom. The summed E-state index contributed by atoms with van der Waals surface area (Å²) in [5.74, 6) is 0. The highest BCUT2D eigenvalue weighted by Crippen LogP contribution is 2.54. The number of nitrogens with zero attached hydrogens (tertiary/aromatic N) is 2. The first-order chi connectivity index (χ1) is 33.7. The maximum atomic E-state index is 2.73. The lowest BCUT2D eigenvalue weighted by molar-refractivity contribution is 0.332. The third-order valence-electron chi connectivity index (χ3n) is 18.4. The van der Waals surface area contributed by atoms with Crippen molar-refractivity contribution < 1.29 is 0 Å². The Bertz CT molecular complexity index is 3300. The molecule has 4 aliphatic rings. The van der Waals surface area contributed by atoms with Crippen molar-refractivity contribution in [2.24, 2.45) is 0 Å². The van der Waals surface area contributed by atoms with Crippen molar-refractivity contribution in [3.05, 3.63) is 184 Å². The van der Waals surface area contributed by atoms with Crippen LogP contribution in [-0.2, 0) is 37.9 Å². The molecule has 0 radical (unpaired) electrons. The molecule has 2 nitrogen and oxygen atoms in total. The van der Waals surface area contributed by atoms with Gasteiger partial charge in [-0.1, -0.05) is 202 Å². The highest BCUT2D eigenvalue weighted by Gasteiger charge is 2.48. The molecule has 2 aliphatic carbocycles. The van der Waals surface area contributed by atoms with Gasteiger partial charge in [0.05, 0.1) is 5.69 Å². The molecule has 0 aromatic heterocycles. The normalized spacial score (nSPS) is 18.1. The minimum atomic E-state index is -0.230. The molecule has 0 fully saturated rings. The van der Waals surface area contributed by atoms with E-state index in [1.165, 1.54) is 119 Å². The van der Waals surface area contributed by atoms with E-state index in [2.05, 4.69) is 260 Å². The molecular formula is C69H79BN2. The fraction of sp³-hybridized carbons (Fsp3) is 0.391. The molecule has 7 aromatic carbocycles. The summed E-state index contributed by atoms with van der Waals surface area (Å²) in [6, 6.07) is 55.4. The molecule has 7 aromatic rings. The topological polar surface area (TPSA) is 6.48 Å². The zero-order chi connectivity index (χ0) is 51.3. The quantitative estimate of drug-likeness (QED) is 0.159. The molecule has 72 heavy (non-hydrogen) atoms. The Kier molecular flexibility index (Phi) is 10.8. The van der Waals surface area contributed by atoms with Crippen LogP contribution in [-0.4, -0.2) is 6.71 Å². The second-order valence-electron chi connectivity index (χ2n) is 27.6. The van der Waals surface area contributed by atoms with Crippen molar-refractivity contribution in [2.75, 3.05) is 9.80 Å². The minimum absolute atomic E-state index is 0.0128. The molecule has 368 valence electrons. The van der Waals surface area contributed by atoms with Crippen LogP contribution in [0.3, 0.4) is 0 Å². The number of hydrogen-bond acceptors (Lipinski definition) is 2. The third-order valence-corrected chi connectivity index (χ3v) is 18.4. The minimum Gasteiger partial charge on any atom is -0.311 e. The van der Waals surface area contributed by atoms with Gasteiger partial charge >= 0.3 is 0 Å². The summed E-state index contributed by atoms with van der Waals surface area (Å²) in [6.45, 7) is 38.9. The molecule has 0 amide bonds. The first-order valence-electron chi connectivity index (χ1n) is 27.2. The average molecular weight is 947 g/mol. The van der Waals surface area contributed by atoms with E-state index in [4.69, 9.17) is 0 Å². The molecule has 2 aliphatic heterocycles. The summed E-state index contributed by atoms with van der Waals surface area (Å²) in [4.78, 5) is 5.42. The zero-order valence-electron chi connectivity index (χ0n) is 46.6. The van der Waals surface area contributed by atoms with E-state index in [9.17, 15) is 0 Å². The maximum Gasteiger partial charge on any atom is 0.252 e. The Morgan fingerprint density at radius 2 is 0.875 bits per heavy atom. The highest BCUT2D eigenvalue weighted by molar-refractivity contribution is 7.00. The van der Waals surface area contributed by atoms with Gasteiger partial charge in [-0.25, -0.2) is 0 Å². The van der Waals surface area contributed by atoms with Crippen LogP contribution >= 0.6 is 0 Å². The first-order valence-corrected chi connectivity index (χ1v) is 27.2. The Morgan fingerprint density at radius 3 is 1.47 bits per heavy atom. The van der Waals surface area contributed by atoms with E-state index >= 15 is 0 Å². The van der Waals surface area contributed by atoms with Crippen molar-refractivity contribution in [1.29, 1.82) is 0 Å². The molecule has 0 atom stereocenters. The largest absolute Gasteiger partial charge is 0.311 e. The van der Waals surface area contributed by atoms with Crippen LogP contribution in [0, 0.1) is 0 Å². The molecule has 0 N–H and O–H groups in total. The molecule has 3 heteroatoms. The average Bonchev–Trinajstić information content (AvgIpc) is 3.33. The van der Waals surface area contributed by atoms with Crippen LogP contribution in [0.1, 0.15) is 181 Å². The molecule has 0 saturated carbocycles. The van der Waals surface area contributed by atoms with Crippen LogP contribution in [0.15, 0.2) is 140 Å². The van der Waals surface area contributed by atoms with Crippen molar-refractivity contribution in [2.45, 2.75) is 174 Å². The number of rotatable bonds is 5. The monoisotopic (exact) mass is 947 g/mol. The van der Waals surface area contributed by atoms with Crippen molar-refractivity contribution in [3.63, 3.8) is 0 Å². The number of benzene rings is 7. The molecular weight excluding hydrogens is 868 g/mol. The Labute approximate surface area is 434 Å². The summed E-state index contributed by atoms with van der Waals surface area (Å²) in [6.07, 6.45) is 4.68. The van der Waals surface area contributed by atoms with Crippen molar-refractivity contribution in [1.82, 2.24) is 0 Å². The van der Waals surface area contributed by atoms with E-state index in [1.807, 2.05) is 0 Å². The predicted octanol–water partition coefficient (Wildman–Crippen LogP) is 17.1. The summed E-state index contributed by atoms with van der Waals surface area (Å²) < 4.78 is 0. The number of fused-ring (bicyclic) bond motifs is 6. The standard InChI is InChI=1S/C69H79BN2/c1-63(2,3)46-27-31-57(50(37-46)44-23-19-17-20-24-44)72-59-43-54-53(67(11,12)35-36-68(54,13)14)42-56(59)70-55-38-47(69(15,16)45-25-21-18-22-26-45)28-32-58(55)71(60-39-48(64(4,5)6)40-61(72)62(60)70)49-29-30-51-52(41-49)66(9,10)34-33-65(51,7)8/h17-32,37-43H,33-36H2,1-16H3. The smallest absolute Gasteiger partial charge is 0.252 e. The van der Waals surface area contributed by atoms with Gasteiger partial charge in [-0.15, -0.1) is 0 Å². The SMILES string of the molecule is CC(C)(C)c1ccc(N2c3cc4c(cc3B3c5cc(C(C)(C)c6ccccc6)ccc5N(c5ccc6c(c5)C(C)(C)CCC6(C)C)c5cc(C(C)(C)C)cc2c53)C(C)(C)CCC4(C)C)c(-c2ccccc2)c1. The fourth-order valence-electron chi connectivity index (χ4n) is 13.2. The van der Waals surface area contributed by atoms with Crippen molar-refractivity contribution in [3.8, 4) is 11.1 Å². The lowest BCUT2D eigenvalue weighted by Gasteiger charge is -2.48. The molecule has 11 rings (SSSR count). The van der Waals surface area contributed by atoms with Gasteiger partial charge < -0.3 is 9.80 Å². The van der Waals surface area contributed by atoms with Gasteiger partial charge in [0.25, 0.3) is 6.71 Å². The number of hydrogen-bond donors (Lipinski definition) is 0. The van der Waals surface area contributed by atoms with Gasteiger partial charge in [0, 0.05) is 39.4 Å². The highest BCUT2D eigenvalue weighted by atomic mass is 15.2. The summed E-state index contributed by atoms with van der Waals surface area (Å²) >= 11 is 0. The molecule has 0 spiro atoms. The summed E-state index contributed by atoms with van der Waals surface area (Å²) in [5, 5.41) is 0. The van der Waals surface area contributed by atoms with Gasteiger partial charge in [0.1, 0.15) is 0 Å². The van der Waals surface area contributed by atoms with E-state index in [1.54, 1.807) is 0 Å². The molecule has 0 unspecified atom stereocenters. The third kappa shape index (κ3) is 7.64. The van der Waals surface area contributed by atoms with Gasteiger partial charge in [-0.2, -0.15) is 0 Å². The maximum absolute atomic E-state index is 2.73. The summed E-state index contributed by atoms with van der Waals surface area (Å²) in [5.41, 5.74) is 25.4. The van der Waals surface area contributed by atoms with E-state index in [0.29, 0.717) is 0 Å². The first kappa shape index (κ1) is 48.5. The van der Waals surface area contributed by atoms with E-state index in [-0.39, 0.29) is 44.6 Å². The van der Waals surface area contributed by atoms with Crippen LogP contribution in [0.25, 0.3) is 11.1 Å². The van der Waals surface area contributed by atoms with E-state index in [0.717, 1.165) is 12.8 Å². The van der Waals surface area contributed by atoms with Crippen LogP contribution in [0.5, 0.6) is 0 Å². The molecule has 0 bridgehead atoms. The van der Waals surface area contributed by atoms with Crippen molar-refractivity contribution >= 4 is 57.2 Å². The number of anilines is 6. The lowest BCUT2D eigenvalue weighted by Crippen LogP contribution is -2.62. The Balaban J connectivity index is 1.30. The second kappa shape index (κ2) is 16.1. The van der Waals surface area contributed by atoms with Crippen LogP contribution in [0.4, 0.5) is 34.1 Å². The molecule has 0 saturated heterocycles. The van der Waals surface area contributed by atoms with Gasteiger partial charge in [0.2, 0.25) is 0 Å². The Hall–Kier alpha value is -5.80. The van der Waals surface area contributed by atoms with Gasteiger partial charge in [-0.3, -0.25) is 0 Å². The van der Waals surface area contributed by atoms with Crippen LogP contribution in [0.2, 0.25) is 0 Å². The predicted molar refractivity (Wildman–Crippen MR) is 312 cm³/mol. The molecule has 2 heterocycles. The lowest BCUT2D eigenvalue weighted by atomic mass is 9.32. The van der Waals surface area contributed by atoms with Gasteiger partial charge in [0.15, 0.2) is 0 Å². The van der Waals surface area contributed by atoms with Gasteiger partial charge in [-0.05, 0) is 173 Å².